The highest BCUT2D eigenvalue weighted by Crippen LogP contribution is 2.16. The van der Waals surface area contributed by atoms with E-state index in [4.69, 9.17) is 5.73 Å². The number of benzene rings is 1. The largest absolute Gasteiger partial charge is 0.351 e. The molecule has 4 heteroatoms. The molecule has 80 valence electrons. The van der Waals surface area contributed by atoms with Gasteiger partial charge in [-0.3, -0.25) is 4.79 Å². The molecule has 2 rings (SSSR count). The van der Waals surface area contributed by atoms with Crippen LogP contribution in [0.15, 0.2) is 18.2 Å². The first-order valence-corrected chi connectivity index (χ1v) is 5.12. The number of nitrogens with one attached hydrogen (secondary N) is 2. The van der Waals surface area contributed by atoms with Gasteiger partial charge in [0.25, 0.3) is 5.91 Å². The van der Waals surface area contributed by atoms with Crippen molar-refractivity contribution in [2.45, 2.75) is 13.1 Å². The van der Waals surface area contributed by atoms with Gasteiger partial charge in [0.2, 0.25) is 0 Å². The van der Waals surface area contributed by atoms with Gasteiger partial charge in [0, 0.05) is 31.7 Å². The van der Waals surface area contributed by atoms with Crippen LogP contribution in [-0.2, 0) is 13.1 Å². The zero-order valence-corrected chi connectivity index (χ0v) is 8.55. The van der Waals surface area contributed by atoms with Gasteiger partial charge in [0.1, 0.15) is 0 Å². The fraction of sp³-hybridized carbons (Fsp3) is 0.364. The Morgan fingerprint density at radius 3 is 3.00 bits per heavy atom. The van der Waals surface area contributed by atoms with Gasteiger partial charge in [-0.05, 0) is 23.3 Å². The average Bonchev–Trinajstić information content (AvgIpc) is 2.72. The molecule has 1 heterocycles. The Hall–Kier alpha value is -1.39. The van der Waals surface area contributed by atoms with Crippen LogP contribution in [0.2, 0.25) is 0 Å². The van der Waals surface area contributed by atoms with Gasteiger partial charge in [-0.1, -0.05) is 6.07 Å². The fourth-order valence-corrected chi connectivity index (χ4v) is 1.72. The summed E-state index contributed by atoms with van der Waals surface area (Å²) in [6.45, 7) is 2.75. The number of hydrogen-bond donors (Lipinski definition) is 3. The Balaban J connectivity index is 2.12. The van der Waals surface area contributed by atoms with Gasteiger partial charge in [-0.15, -0.1) is 0 Å². The SMILES string of the molecule is NCCNC(=O)c1ccc2c(c1)CNC2. The molecule has 1 amide bonds. The summed E-state index contributed by atoms with van der Waals surface area (Å²) in [5.41, 5.74) is 8.53. The minimum atomic E-state index is -0.0462. The van der Waals surface area contributed by atoms with Gasteiger partial charge in [-0.25, -0.2) is 0 Å². The van der Waals surface area contributed by atoms with Crippen molar-refractivity contribution in [2.75, 3.05) is 13.1 Å². The lowest BCUT2D eigenvalue weighted by molar-refractivity contribution is 0.0954. The highest BCUT2D eigenvalue weighted by atomic mass is 16.1. The minimum absolute atomic E-state index is 0.0462. The molecule has 0 atom stereocenters. The second-order valence-electron chi connectivity index (χ2n) is 3.63. The lowest BCUT2D eigenvalue weighted by Gasteiger charge is -2.05. The average molecular weight is 205 g/mol. The van der Waals surface area contributed by atoms with E-state index in [1.54, 1.807) is 0 Å². The quantitative estimate of drug-likeness (QED) is 0.649. The topological polar surface area (TPSA) is 67.1 Å². The molecule has 15 heavy (non-hydrogen) atoms. The fourth-order valence-electron chi connectivity index (χ4n) is 1.72. The number of hydrogen-bond acceptors (Lipinski definition) is 3. The third kappa shape index (κ3) is 2.16. The summed E-state index contributed by atoms with van der Waals surface area (Å²) in [4.78, 5) is 11.6. The zero-order valence-electron chi connectivity index (χ0n) is 8.55. The molecule has 0 saturated carbocycles. The minimum Gasteiger partial charge on any atom is -0.351 e. The van der Waals surface area contributed by atoms with E-state index in [1.807, 2.05) is 18.2 Å². The summed E-state index contributed by atoms with van der Waals surface area (Å²) in [5.74, 6) is -0.0462. The van der Waals surface area contributed by atoms with Crippen LogP contribution in [0.25, 0.3) is 0 Å². The second kappa shape index (κ2) is 4.42. The number of rotatable bonds is 3. The molecule has 0 bridgehead atoms. The number of nitrogens with two attached hydrogens (primary N) is 1. The van der Waals surface area contributed by atoms with E-state index in [9.17, 15) is 4.79 Å². The molecule has 0 unspecified atom stereocenters. The summed E-state index contributed by atoms with van der Waals surface area (Å²) in [7, 11) is 0. The predicted molar refractivity (Wildman–Crippen MR) is 58.4 cm³/mol. The van der Waals surface area contributed by atoms with E-state index >= 15 is 0 Å². The third-order valence-corrected chi connectivity index (χ3v) is 2.53. The molecule has 0 saturated heterocycles. The summed E-state index contributed by atoms with van der Waals surface area (Å²) < 4.78 is 0. The van der Waals surface area contributed by atoms with Gasteiger partial charge >= 0.3 is 0 Å². The van der Waals surface area contributed by atoms with Crippen molar-refractivity contribution in [3.8, 4) is 0 Å². The first-order chi connectivity index (χ1) is 7.31. The molecule has 4 N–H and O–H groups in total. The number of carbonyl (C=O) groups is 1. The highest BCUT2D eigenvalue weighted by molar-refractivity contribution is 5.94. The van der Waals surface area contributed by atoms with Crippen molar-refractivity contribution in [1.82, 2.24) is 10.6 Å². The standard InChI is InChI=1S/C11H15N3O/c12-3-4-14-11(15)8-1-2-9-6-13-7-10(9)5-8/h1-2,5,13H,3-4,6-7,12H2,(H,14,15). The zero-order chi connectivity index (χ0) is 10.7. The lowest BCUT2D eigenvalue weighted by Crippen LogP contribution is -2.29. The smallest absolute Gasteiger partial charge is 0.251 e. The van der Waals surface area contributed by atoms with Crippen LogP contribution in [0.1, 0.15) is 21.5 Å². The second-order valence-corrected chi connectivity index (χ2v) is 3.63. The monoisotopic (exact) mass is 205 g/mol. The molecular weight excluding hydrogens is 190 g/mol. The van der Waals surface area contributed by atoms with Crippen LogP contribution in [-0.4, -0.2) is 19.0 Å². The van der Waals surface area contributed by atoms with Crippen LogP contribution in [0.5, 0.6) is 0 Å². The van der Waals surface area contributed by atoms with E-state index in [0.717, 1.165) is 13.1 Å². The van der Waals surface area contributed by atoms with Crippen molar-refractivity contribution < 1.29 is 4.79 Å². The van der Waals surface area contributed by atoms with Gasteiger partial charge in [-0.2, -0.15) is 0 Å². The molecule has 1 aromatic rings. The lowest BCUT2D eigenvalue weighted by atomic mass is 10.1. The predicted octanol–water partition coefficient (Wildman–Crippen LogP) is -0.0217. The van der Waals surface area contributed by atoms with E-state index in [-0.39, 0.29) is 5.91 Å². The van der Waals surface area contributed by atoms with E-state index < -0.39 is 0 Å². The third-order valence-electron chi connectivity index (χ3n) is 2.53. The van der Waals surface area contributed by atoms with Crippen LogP contribution < -0.4 is 16.4 Å². The number of amides is 1. The molecular formula is C11H15N3O. The summed E-state index contributed by atoms with van der Waals surface area (Å²) in [6.07, 6.45) is 0. The number of fused-ring (bicyclic) bond motifs is 1. The van der Waals surface area contributed by atoms with E-state index in [0.29, 0.717) is 18.7 Å². The van der Waals surface area contributed by atoms with Crippen molar-refractivity contribution in [3.05, 3.63) is 34.9 Å². The molecule has 1 aromatic carbocycles. The van der Waals surface area contributed by atoms with Gasteiger partial charge < -0.3 is 16.4 Å². The maximum atomic E-state index is 11.6. The summed E-state index contributed by atoms with van der Waals surface area (Å²) in [6, 6.07) is 5.81. The van der Waals surface area contributed by atoms with Crippen molar-refractivity contribution in [2.24, 2.45) is 5.73 Å². The molecule has 0 spiro atoms. The van der Waals surface area contributed by atoms with Crippen molar-refractivity contribution in [1.29, 1.82) is 0 Å². The first kappa shape index (κ1) is 10.1. The molecule has 0 fully saturated rings. The van der Waals surface area contributed by atoms with Crippen LogP contribution >= 0.6 is 0 Å². The molecule has 0 radical (unpaired) electrons. The van der Waals surface area contributed by atoms with E-state index in [2.05, 4.69) is 10.6 Å². The normalized spacial score (nSPS) is 13.7. The molecule has 1 aliphatic heterocycles. The van der Waals surface area contributed by atoms with Crippen molar-refractivity contribution in [3.63, 3.8) is 0 Å². The Morgan fingerprint density at radius 2 is 2.20 bits per heavy atom. The highest BCUT2D eigenvalue weighted by Gasteiger charge is 2.12. The van der Waals surface area contributed by atoms with Crippen LogP contribution in [0.3, 0.4) is 0 Å². The van der Waals surface area contributed by atoms with Gasteiger partial charge in [0.15, 0.2) is 0 Å². The number of carbonyl (C=O) groups excluding carboxylic acids is 1. The first-order valence-electron chi connectivity index (χ1n) is 5.12. The molecule has 0 aliphatic carbocycles. The molecule has 1 aliphatic rings. The maximum Gasteiger partial charge on any atom is 0.251 e. The Kier molecular flexibility index (Phi) is 2.99. The van der Waals surface area contributed by atoms with E-state index in [1.165, 1.54) is 11.1 Å². The Bertz CT molecular complexity index is 376. The Morgan fingerprint density at radius 1 is 1.40 bits per heavy atom. The maximum absolute atomic E-state index is 11.6. The van der Waals surface area contributed by atoms with Crippen LogP contribution in [0.4, 0.5) is 0 Å². The van der Waals surface area contributed by atoms with Crippen LogP contribution in [0, 0.1) is 0 Å². The molecule has 0 aromatic heterocycles. The van der Waals surface area contributed by atoms with Gasteiger partial charge in [0.05, 0.1) is 0 Å². The van der Waals surface area contributed by atoms with Crippen molar-refractivity contribution >= 4 is 5.91 Å². The summed E-state index contributed by atoms with van der Waals surface area (Å²) in [5, 5.41) is 6.00. The molecule has 4 nitrogen and oxygen atoms in total. The summed E-state index contributed by atoms with van der Waals surface area (Å²) >= 11 is 0. The Labute approximate surface area is 88.9 Å².